The number of aromatic nitrogens is 1. The average molecular weight is 385 g/mol. The lowest BCUT2D eigenvalue weighted by Gasteiger charge is -2.14. The molecule has 0 saturated carbocycles. The molecule has 148 valence electrons. The molecule has 2 aromatic rings. The Bertz CT molecular complexity index is 1010. The molecule has 28 heavy (non-hydrogen) atoms. The van der Waals surface area contributed by atoms with Gasteiger partial charge in [0.25, 0.3) is 11.8 Å². The summed E-state index contributed by atoms with van der Waals surface area (Å²) in [6.07, 6.45) is -0.148. The van der Waals surface area contributed by atoms with Crippen LogP contribution >= 0.6 is 0 Å². The van der Waals surface area contributed by atoms with Gasteiger partial charge in [0.1, 0.15) is 5.54 Å². The zero-order valence-corrected chi connectivity index (χ0v) is 16.3. The number of nitrogens with one attached hydrogen (secondary N) is 1. The summed E-state index contributed by atoms with van der Waals surface area (Å²) in [6, 6.07) is 5.15. The van der Waals surface area contributed by atoms with Crippen LogP contribution in [0, 0.1) is 6.92 Å². The van der Waals surface area contributed by atoms with Gasteiger partial charge in [-0.3, -0.25) is 14.5 Å². The number of amides is 4. The van der Waals surface area contributed by atoms with Gasteiger partial charge in [-0.25, -0.2) is 4.79 Å². The Labute approximate surface area is 162 Å². The zero-order chi connectivity index (χ0) is 20.6. The van der Waals surface area contributed by atoms with Gasteiger partial charge < -0.3 is 15.0 Å². The van der Waals surface area contributed by atoms with Crippen LogP contribution in [0.4, 0.5) is 10.5 Å². The monoisotopic (exact) mass is 385 g/mol. The fourth-order valence-corrected chi connectivity index (χ4v) is 3.24. The number of rotatable bonds is 5. The predicted molar refractivity (Wildman–Crippen MR) is 102 cm³/mol. The maximum atomic E-state index is 12.1. The third-order valence-corrected chi connectivity index (χ3v) is 4.74. The Morgan fingerprint density at radius 1 is 1.29 bits per heavy atom. The van der Waals surface area contributed by atoms with Gasteiger partial charge in [-0.1, -0.05) is 11.6 Å². The highest BCUT2D eigenvalue weighted by Gasteiger charge is 2.44. The van der Waals surface area contributed by atoms with Crippen molar-refractivity contribution in [3.63, 3.8) is 0 Å². The molecule has 2 N–H and O–H groups in total. The number of aromatic hydroxyl groups is 1. The molecule has 1 aliphatic rings. The number of imide groups is 1. The molecule has 1 aliphatic heterocycles. The Kier molecular flexibility index (Phi) is 4.93. The van der Waals surface area contributed by atoms with Crippen LogP contribution in [0.25, 0.3) is 10.9 Å². The molecule has 4 amide bonds. The van der Waals surface area contributed by atoms with Gasteiger partial charge in [0.05, 0.1) is 5.52 Å². The molecule has 1 saturated heterocycles. The van der Waals surface area contributed by atoms with Crippen molar-refractivity contribution in [2.24, 2.45) is 10.2 Å². The van der Waals surface area contributed by atoms with Crippen LogP contribution in [0.1, 0.15) is 32.8 Å². The number of aryl methyl sites for hydroxylation is 2. The highest BCUT2D eigenvalue weighted by atomic mass is 16.3. The van der Waals surface area contributed by atoms with Crippen molar-refractivity contribution in [2.45, 2.75) is 46.2 Å². The molecule has 2 heterocycles. The quantitative estimate of drug-likeness (QED) is 0.608. The number of azo groups is 1. The van der Waals surface area contributed by atoms with Crippen LogP contribution in [0.3, 0.4) is 0 Å². The first kappa shape index (κ1) is 19.5. The standard InChI is InChI=1S/C19H23N5O4/c1-5-23-13-7-6-11(2)10-12(13)15(16(23)26)22-21-14(25)8-9-24-17(27)19(3,4)20-18(24)28/h6-7,10,26H,5,8-9H2,1-4H3,(H,20,28). The summed E-state index contributed by atoms with van der Waals surface area (Å²) in [5, 5.41) is 21.3. The van der Waals surface area contributed by atoms with Crippen molar-refractivity contribution in [1.29, 1.82) is 0 Å². The van der Waals surface area contributed by atoms with Crippen molar-refractivity contribution in [2.75, 3.05) is 6.54 Å². The van der Waals surface area contributed by atoms with Crippen LogP contribution in [0.5, 0.6) is 5.88 Å². The molecule has 0 atom stereocenters. The molecular formula is C19H23N5O4. The molecule has 1 aromatic heterocycles. The highest BCUT2D eigenvalue weighted by molar-refractivity contribution is 6.06. The summed E-state index contributed by atoms with van der Waals surface area (Å²) < 4.78 is 1.68. The average Bonchev–Trinajstić information content (AvgIpc) is 3.00. The van der Waals surface area contributed by atoms with E-state index in [2.05, 4.69) is 15.5 Å². The molecule has 0 bridgehead atoms. The minimum Gasteiger partial charge on any atom is -0.493 e. The number of urea groups is 1. The normalized spacial score (nSPS) is 16.4. The second kappa shape index (κ2) is 7.06. The first-order valence-corrected chi connectivity index (χ1v) is 9.06. The molecule has 1 aromatic carbocycles. The first-order chi connectivity index (χ1) is 13.2. The van der Waals surface area contributed by atoms with E-state index in [1.165, 1.54) is 0 Å². The minimum absolute atomic E-state index is 0.0597. The highest BCUT2D eigenvalue weighted by Crippen LogP contribution is 2.39. The van der Waals surface area contributed by atoms with Crippen molar-refractivity contribution in [3.05, 3.63) is 23.8 Å². The van der Waals surface area contributed by atoms with Crippen LogP contribution < -0.4 is 5.32 Å². The topological polar surface area (TPSA) is 116 Å². The second-order valence-corrected chi connectivity index (χ2v) is 7.29. The van der Waals surface area contributed by atoms with Crippen molar-refractivity contribution < 1.29 is 19.5 Å². The van der Waals surface area contributed by atoms with Crippen LogP contribution in [0.2, 0.25) is 0 Å². The molecule has 0 radical (unpaired) electrons. The maximum absolute atomic E-state index is 12.1. The summed E-state index contributed by atoms with van der Waals surface area (Å²) in [6.45, 7) is 7.48. The largest absolute Gasteiger partial charge is 0.493 e. The van der Waals surface area contributed by atoms with E-state index in [0.29, 0.717) is 11.9 Å². The molecular weight excluding hydrogens is 362 g/mol. The van der Waals surface area contributed by atoms with Gasteiger partial charge in [0.2, 0.25) is 5.88 Å². The Morgan fingerprint density at radius 2 is 2.00 bits per heavy atom. The SMILES string of the molecule is CCn1c(O)c(N=NC(=O)CCN2C(=O)NC(C)(C)C2=O)c2cc(C)ccc21. The van der Waals surface area contributed by atoms with Gasteiger partial charge in [0.15, 0.2) is 5.69 Å². The number of nitrogens with zero attached hydrogens (tertiary/aromatic N) is 4. The Morgan fingerprint density at radius 3 is 2.61 bits per heavy atom. The summed E-state index contributed by atoms with van der Waals surface area (Å²) >= 11 is 0. The van der Waals surface area contributed by atoms with E-state index in [4.69, 9.17) is 0 Å². The van der Waals surface area contributed by atoms with E-state index in [1.807, 2.05) is 32.0 Å². The predicted octanol–water partition coefficient (Wildman–Crippen LogP) is 3.01. The van der Waals surface area contributed by atoms with Crippen molar-refractivity contribution in [3.8, 4) is 5.88 Å². The van der Waals surface area contributed by atoms with Crippen molar-refractivity contribution in [1.82, 2.24) is 14.8 Å². The molecule has 0 aliphatic carbocycles. The summed E-state index contributed by atoms with van der Waals surface area (Å²) in [5.41, 5.74) is 1.04. The van der Waals surface area contributed by atoms with Crippen LogP contribution in [-0.2, 0) is 16.1 Å². The number of hydrogen-bond acceptors (Lipinski definition) is 5. The minimum atomic E-state index is -0.979. The lowest BCUT2D eigenvalue weighted by molar-refractivity contribution is -0.130. The summed E-state index contributed by atoms with van der Waals surface area (Å²) in [7, 11) is 0. The smallest absolute Gasteiger partial charge is 0.325 e. The number of fused-ring (bicyclic) bond motifs is 1. The Hall–Kier alpha value is -3.23. The van der Waals surface area contributed by atoms with E-state index in [-0.39, 0.29) is 30.4 Å². The first-order valence-electron chi connectivity index (χ1n) is 9.06. The fraction of sp³-hybridized carbons (Fsp3) is 0.421. The van der Waals surface area contributed by atoms with Gasteiger partial charge in [-0.05, 0) is 39.8 Å². The van der Waals surface area contributed by atoms with Gasteiger partial charge in [-0.2, -0.15) is 0 Å². The zero-order valence-electron chi connectivity index (χ0n) is 16.3. The van der Waals surface area contributed by atoms with E-state index in [1.54, 1.807) is 18.4 Å². The van der Waals surface area contributed by atoms with Crippen LogP contribution in [-0.4, -0.2) is 44.5 Å². The fourth-order valence-electron chi connectivity index (χ4n) is 3.24. The summed E-state index contributed by atoms with van der Waals surface area (Å²) in [5.74, 6) is -1.04. The van der Waals surface area contributed by atoms with Crippen molar-refractivity contribution >= 4 is 34.4 Å². The maximum Gasteiger partial charge on any atom is 0.325 e. The number of carbonyl (C=O) groups excluding carboxylic acids is 3. The number of benzene rings is 1. The molecule has 0 spiro atoms. The lowest BCUT2D eigenvalue weighted by Crippen LogP contribution is -2.40. The molecule has 1 fully saturated rings. The van der Waals surface area contributed by atoms with E-state index in [0.717, 1.165) is 16.0 Å². The summed E-state index contributed by atoms with van der Waals surface area (Å²) in [4.78, 5) is 37.1. The third kappa shape index (κ3) is 3.35. The second-order valence-electron chi connectivity index (χ2n) is 7.29. The molecule has 9 nitrogen and oxygen atoms in total. The van der Waals surface area contributed by atoms with Crippen LogP contribution in [0.15, 0.2) is 28.4 Å². The van der Waals surface area contributed by atoms with Gasteiger partial charge in [0, 0.05) is 24.9 Å². The van der Waals surface area contributed by atoms with E-state index in [9.17, 15) is 19.5 Å². The molecule has 9 heteroatoms. The third-order valence-electron chi connectivity index (χ3n) is 4.74. The lowest BCUT2D eigenvalue weighted by atomic mass is 10.1. The molecule has 0 unspecified atom stereocenters. The van der Waals surface area contributed by atoms with Gasteiger partial charge >= 0.3 is 6.03 Å². The molecule has 3 rings (SSSR count). The number of hydrogen-bond donors (Lipinski definition) is 2. The Balaban J connectivity index is 1.76. The van der Waals surface area contributed by atoms with E-state index >= 15 is 0 Å². The number of carbonyl (C=O) groups is 3. The van der Waals surface area contributed by atoms with E-state index < -0.39 is 17.5 Å². The van der Waals surface area contributed by atoms with Gasteiger partial charge in [-0.15, -0.1) is 10.2 Å².